The van der Waals surface area contributed by atoms with Gasteiger partial charge < -0.3 is 0 Å². The number of benzene rings is 2. The Morgan fingerprint density at radius 2 is 1.32 bits per heavy atom. The van der Waals surface area contributed by atoms with Gasteiger partial charge in [-0.2, -0.15) is 0 Å². The summed E-state index contributed by atoms with van der Waals surface area (Å²) in [7, 11) is 0. The summed E-state index contributed by atoms with van der Waals surface area (Å²) in [5.74, 6) is 0. The monoisotopic (exact) mass is 338 g/mol. The molecule has 0 saturated carbocycles. The lowest BCUT2D eigenvalue weighted by atomic mass is 9.98. The topological polar surface area (TPSA) is 0 Å². The summed E-state index contributed by atoms with van der Waals surface area (Å²) in [4.78, 5) is 0. The summed E-state index contributed by atoms with van der Waals surface area (Å²) in [5, 5.41) is 0. The summed E-state index contributed by atoms with van der Waals surface area (Å²) in [6.45, 7) is 8.41. The van der Waals surface area contributed by atoms with Crippen LogP contribution in [0.15, 0.2) is 36.4 Å². The molecule has 0 radical (unpaired) electrons. The van der Waals surface area contributed by atoms with Crippen LogP contribution < -0.4 is 0 Å². The van der Waals surface area contributed by atoms with E-state index in [9.17, 15) is 0 Å². The summed E-state index contributed by atoms with van der Waals surface area (Å²) in [6, 6.07) is 13.5. The van der Waals surface area contributed by atoms with Crippen LogP contribution in [-0.4, -0.2) is 0 Å². The Morgan fingerprint density at radius 3 is 2.12 bits per heavy atom. The summed E-state index contributed by atoms with van der Waals surface area (Å²) in [6.07, 6.45) is 10.8. The Labute approximate surface area is 156 Å². The van der Waals surface area contributed by atoms with Gasteiger partial charge >= 0.3 is 0 Å². The van der Waals surface area contributed by atoms with E-state index in [2.05, 4.69) is 50.2 Å². The van der Waals surface area contributed by atoms with Gasteiger partial charge in [-0.3, -0.25) is 0 Å². The molecule has 0 aliphatic heterocycles. The van der Waals surface area contributed by atoms with Gasteiger partial charge in [0.05, 0.1) is 0 Å². The molecule has 2 aromatic carbocycles. The summed E-state index contributed by atoms with van der Waals surface area (Å²) in [5.41, 5.74) is 9.29. The maximum atomic E-state index is 2.32. The van der Waals surface area contributed by atoms with E-state index in [0.29, 0.717) is 0 Å². The first-order chi connectivity index (χ1) is 11.7. The second kappa shape index (κ2) is 11.1. The van der Waals surface area contributed by atoms with E-state index in [1.807, 2.05) is 13.8 Å². The molecule has 0 atom stereocenters. The van der Waals surface area contributed by atoms with Crippen LogP contribution in [0, 0.1) is 13.8 Å². The van der Waals surface area contributed by atoms with Crippen molar-refractivity contribution in [2.75, 3.05) is 0 Å². The fourth-order valence-electron chi connectivity index (χ4n) is 3.85. The van der Waals surface area contributed by atoms with Crippen molar-refractivity contribution in [1.82, 2.24) is 0 Å². The zero-order valence-electron chi connectivity index (χ0n) is 16.1. The van der Waals surface area contributed by atoms with Crippen LogP contribution in [0.1, 0.15) is 80.3 Å². The zero-order valence-corrected chi connectivity index (χ0v) is 16.1. The average molecular weight is 339 g/mol. The second-order valence-corrected chi connectivity index (χ2v) is 6.90. The Balaban J connectivity index is 0.000000222. The SMILES string of the molecule is C.CC.Cc1ccc2c(c1)CCC2.Cc1cccc2c1CCCCC2. The standard InChI is InChI=1S/C12H16.C10H12.C2H6.CH4/c1-10-6-5-8-11-7-3-2-4-9-12(10)11;1-8-5-6-9-3-2-4-10(9)7-8;1-2;/h5-6,8H,2-4,7,9H2,1H3;5-7H,2-4H2,1H3;1-2H3;1H4. The molecular formula is C25H38. The van der Waals surface area contributed by atoms with Crippen LogP contribution in [-0.2, 0) is 25.7 Å². The van der Waals surface area contributed by atoms with Gasteiger partial charge in [-0.1, -0.05) is 69.7 Å². The van der Waals surface area contributed by atoms with Crippen molar-refractivity contribution in [3.63, 3.8) is 0 Å². The first kappa shape index (κ1) is 21.5. The van der Waals surface area contributed by atoms with Gasteiger partial charge in [0.15, 0.2) is 0 Å². The quantitative estimate of drug-likeness (QED) is 0.439. The lowest BCUT2D eigenvalue weighted by Crippen LogP contribution is -1.93. The van der Waals surface area contributed by atoms with E-state index in [1.165, 1.54) is 62.5 Å². The number of rotatable bonds is 0. The number of hydrogen-bond acceptors (Lipinski definition) is 0. The highest BCUT2D eigenvalue weighted by atomic mass is 14.1. The fraction of sp³-hybridized carbons (Fsp3) is 0.520. The number of aryl methyl sites for hydroxylation is 5. The van der Waals surface area contributed by atoms with Crippen LogP contribution in [0.25, 0.3) is 0 Å². The van der Waals surface area contributed by atoms with Gasteiger partial charge in [0.2, 0.25) is 0 Å². The molecule has 0 amide bonds. The summed E-state index contributed by atoms with van der Waals surface area (Å²) < 4.78 is 0. The van der Waals surface area contributed by atoms with Gasteiger partial charge in [-0.15, -0.1) is 0 Å². The molecule has 0 N–H and O–H groups in total. The molecule has 0 spiro atoms. The predicted molar refractivity (Wildman–Crippen MR) is 114 cm³/mol. The highest BCUT2D eigenvalue weighted by Crippen LogP contribution is 2.23. The first-order valence-electron chi connectivity index (χ1n) is 9.90. The third kappa shape index (κ3) is 6.03. The second-order valence-electron chi connectivity index (χ2n) is 6.90. The molecule has 0 unspecified atom stereocenters. The van der Waals surface area contributed by atoms with Crippen LogP contribution in [0.4, 0.5) is 0 Å². The maximum absolute atomic E-state index is 2.32. The lowest BCUT2D eigenvalue weighted by Gasteiger charge is -2.07. The van der Waals surface area contributed by atoms with Crippen molar-refractivity contribution in [1.29, 1.82) is 0 Å². The first-order valence-corrected chi connectivity index (χ1v) is 9.90. The fourth-order valence-corrected chi connectivity index (χ4v) is 3.85. The minimum Gasteiger partial charge on any atom is -0.0776 e. The Morgan fingerprint density at radius 1 is 0.640 bits per heavy atom. The van der Waals surface area contributed by atoms with Crippen molar-refractivity contribution >= 4 is 0 Å². The van der Waals surface area contributed by atoms with E-state index < -0.39 is 0 Å². The molecule has 0 heterocycles. The largest absolute Gasteiger partial charge is 0.0776 e. The Hall–Kier alpha value is -1.56. The lowest BCUT2D eigenvalue weighted by molar-refractivity contribution is 0.711. The van der Waals surface area contributed by atoms with E-state index in [0.717, 1.165) is 0 Å². The normalized spacial score (nSPS) is 14.4. The molecule has 2 aromatic rings. The third-order valence-corrected chi connectivity index (χ3v) is 5.13. The van der Waals surface area contributed by atoms with Gasteiger partial charge in [0, 0.05) is 0 Å². The van der Waals surface area contributed by atoms with Crippen LogP contribution in [0.5, 0.6) is 0 Å². The van der Waals surface area contributed by atoms with Gasteiger partial charge in [-0.25, -0.2) is 0 Å². The predicted octanol–water partition coefficient (Wildman–Crippen LogP) is 7.41. The molecule has 0 heteroatoms. The minimum absolute atomic E-state index is 0. The van der Waals surface area contributed by atoms with E-state index in [-0.39, 0.29) is 7.43 Å². The van der Waals surface area contributed by atoms with Crippen molar-refractivity contribution < 1.29 is 0 Å². The highest BCUT2D eigenvalue weighted by molar-refractivity contribution is 5.35. The van der Waals surface area contributed by atoms with Gasteiger partial charge in [0.25, 0.3) is 0 Å². The number of hydrogen-bond donors (Lipinski definition) is 0. The Bertz CT molecular complexity index is 636. The molecule has 0 saturated heterocycles. The highest BCUT2D eigenvalue weighted by Gasteiger charge is 2.09. The Kier molecular flexibility index (Phi) is 9.57. The van der Waals surface area contributed by atoms with E-state index >= 15 is 0 Å². The molecule has 0 fully saturated rings. The molecule has 138 valence electrons. The molecular weight excluding hydrogens is 300 g/mol. The zero-order chi connectivity index (χ0) is 17.4. The molecule has 4 rings (SSSR count). The molecule has 2 aliphatic carbocycles. The van der Waals surface area contributed by atoms with Gasteiger partial charge in [-0.05, 0) is 86.6 Å². The van der Waals surface area contributed by atoms with Gasteiger partial charge in [0.1, 0.15) is 0 Å². The van der Waals surface area contributed by atoms with Crippen molar-refractivity contribution in [2.24, 2.45) is 0 Å². The molecule has 0 nitrogen and oxygen atoms in total. The average Bonchev–Trinajstić information content (AvgIpc) is 2.92. The number of fused-ring (bicyclic) bond motifs is 2. The van der Waals surface area contributed by atoms with E-state index in [1.54, 1.807) is 22.3 Å². The van der Waals surface area contributed by atoms with Crippen molar-refractivity contribution in [2.45, 2.75) is 86.5 Å². The molecule has 0 aromatic heterocycles. The smallest absolute Gasteiger partial charge is 0.0273 e. The maximum Gasteiger partial charge on any atom is -0.0273 e. The molecule has 0 bridgehead atoms. The minimum atomic E-state index is 0. The summed E-state index contributed by atoms with van der Waals surface area (Å²) >= 11 is 0. The van der Waals surface area contributed by atoms with Crippen molar-refractivity contribution in [3.8, 4) is 0 Å². The molecule has 2 aliphatic rings. The molecule has 25 heavy (non-hydrogen) atoms. The third-order valence-electron chi connectivity index (χ3n) is 5.13. The van der Waals surface area contributed by atoms with E-state index in [4.69, 9.17) is 0 Å². The van der Waals surface area contributed by atoms with Crippen LogP contribution in [0.2, 0.25) is 0 Å². The van der Waals surface area contributed by atoms with Crippen LogP contribution in [0.3, 0.4) is 0 Å². The van der Waals surface area contributed by atoms with Crippen LogP contribution >= 0.6 is 0 Å². The van der Waals surface area contributed by atoms with Crippen molar-refractivity contribution in [3.05, 3.63) is 69.8 Å².